The maximum atomic E-state index is 11.9. The summed E-state index contributed by atoms with van der Waals surface area (Å²) in [5.41, 5.74) is -0.690. The second-order valence-electron chi connectivity index (χ2n) is 4.00. The fraction of sp³-hybridized carbons (Fsp3) is 0.455. The fourth-order valence-corrected chi connectivity index (χ4v) is 1.98. The molecule has 1 aliphatic rings. The van der Waals surface area contributed by atoms with Crippen molar-refractivity contribution in [3.63, 3.8) is 0 Å². The first-order chi connectivity index (χ1) is 7.60. The number of anilines is 1. The molecule has 5 heteroatoms. The van der Waals surface area contributed by atoms with Crippen molar-refractivity contribution < 1.29 is 9.53 Å². The normalized spacial score (nSPS) is 24.4. The van der Waals surface area contributed by atoms with Gasteiger partial charge in [0, 0.05) is 16.4 Å². The lowest BCUT2D eigenvalue weighted by atomic mass is 10.0. The third kappa shape index (κ3) is 2.52. The lowest BCUT2D eigenvalue weighted by Gasteiger charge is -2.21. The highest BCUT2D eigenvalue weighted by atomic mass is 127. The predicted octanol–water partition coefficient (Wildman–Crippen LogP) is 2.19. The summed E-state index contributed by atoms with van der Waals surface area (Å²) in [7, 11) is 0. The van der Waals surface area contributed by atoms with Gasteiger partial charge in [-0.05, 0) is 54.5 Å². The van der Waals surface area contributed by atoms with Crippen molar-refractivity contribution in [1.82, 2.24) is 4.98 Å². The van der Waals surface area contributed by atoms with Crippen LogP contribution in [0.3, 0.4) is 0 Å². The van der Waals surface area contributed by atoms with E-state index < -0.39 is 5.60 Å². The fourth-order valence-electron chi connectivity index (χ4n) is 1.66. The molecule has 0 spiro atoms. The number of nitrogens with zero attached hydrogens (tertiary/aromatic N) is 1. The SMILES string of the molecule is CC1(C(=O)Nc2ccc(I)cn2)CCCO1. The summed E-state index contributed by atoms with van der Waals surface area (Å²) >= 11 is 2.17. The number of carbonyl (C=O) groups is 1. The Morgan fingerprint density at radius 3 is 3.00 bits per heavy atom. The van der Waals surface area contributed by atoms with Crippen LogP contribution < -0.4 is 5.32 Å². The maximum Gasteiger partial charge on any atom is 0.257 e. The topological polar surface area (TPSA) is 51.2 Å². The van der Waals surface area contributed by atoms with Gasteiger partial charge in [-0.2, -0.15) is 0 Å². The van der Waals surface area contributed by atoms with Crippen molar-refractivity contribution in [3.8, 4) is 0 Å². The zero-order chi connectivity index (χ0) is 11.6. The van der Waals surface area contributed by atoms with E-state index in [-0.39, 0.29) is 5.91 Å². The molecule has 1 aliphatic heterocycles. The molecule has 2 heterocycles. The van der Waals surface area contributed by atoms with E-state index in [1.807, 2.05) is 13.0 Å². The summed E-state index contributed by atoms with van der Waals surface area (Å²) in [5, 5.41) is 2.77. The average Bonchev–Trinajstić information content (AvgIpc) is 2.70. The maximum absolute atomic E-state index is 11.9. The van der Waals surface area contributed by atoms with Crippen molar-refractivity contribution in [3.05, 3.63) is 21.9 Å². The van der Waals surface area contributed by atoms with Crippen LogP contribution in [0.25, 0.3) is 0 Å². The van der Waals surface area contributed by atoms with Gasteiger partial charge in [0.25, 0.3) is 5.91 Å². The van der Waals surface area contributed by atoms with Crippen molar-refractivity contribution in [2.45, 2.75) is 25.4 Å². The van der Waals surface area contributed by atoms with Gasteiger partial charge < -0.3 is 10.1 Å². The Bertz CT molecular complexity index is 385. The first-order valence-electron chi connectivity index (χ1n) is 5.17. The Labute approximate surface area is 108 Å². The Balaban J connectivity index is 2.04. The zero-order valence-corrected chi connectivity index (χ0v) is 11.2. The molecule has 86 valence electrons. The molecule has 1 aromatic heterocycles. The van der Waals surface area contributed by atoms with Crippen molar-refractivity contribution in [2.75, 3.05) is 11.9 Å². The van der Waals surface area contributed by atoms with E-state index in [2.05, 4.69) is 32.9 Å². The van der Waals surface area contributed by atoms with Crippen LogP contribution >= 0.6 is 22.6 Å². The molecule has 2 rings (SSSR count). The van der Waals surface area contributed by atoms with Crippen LogP contribution in [-0.2, 0) is 9.53 Å². The molecule has 4 nitrogen and oxygen atoms in total. The third-order valence-corrected chi connectivity index (χ3v) is 3.31. The Morgan fingerprint density at radius 2 is 2.44 bits per heavy atom. The summed E-state index contributed by atoms with van der Waals surface area (Å²) in [6.45, 7) is 2.48. The number of amides is 1. The molecule has 1 aromatic rings. The van der Waals surface area contributed by atoms with Crippen LogP contribution in [0.4, 0.5) is 5.82 Å². The van der Waals surface area contributed by atoms with Crippen LogP contribution in [0.1, 0.15) is 19.8 Å². The number of carbonyl (C=O) groups excluding carboxylic acids is 1. The lowest BCUT2D eigenvalue weighted by molar-refractivity contribution is -0.133. The molecule has 1 unspecified atom stereocenters. The summed E-state index contributed by atoms with van der Waals surface area (Å²) in [6, 6.07) is 3.69. The van der Waals surface area contributed by atoms with Crippen LogP contribution in [-0.4, -0.2) is 23.1 Å². The highest BCUT2D eigenvalue weighted by Crippen LogP contribution is 2.26. The van der Waals surface area contributed by atoms with E-state index in [9.17, 15) is 4.79 Å². The molecule has 16 heavy (non-hydrogen) atoms. The summed E-state index contributed by atoms with van der Waals surface area (Å²) in [6.07, 6.45) is 3.42. The molecular formula is C11H13IN2O2. The van der Waals surface area contributed by atoms with Gasteiger partial charge in [-0.3, -0.25) is 4.79 Å². The van der Waals surface area contributed by atoms with Gasteiger partial charge in [0.05, 0.1) is 0 Å². The van der Waals surface area contributed by atoms with E-state index in [4.69, 9.17) is 4.74 Å². The molecular weight excluding hydrogens is 319 g/mol. The quantitative estimate of drug-likeness (QED) is 0.845. The second kappa shape index (κ2) is 4.67. The minimum Gasteiger partial charge on any atom is -0.365 e. The molecule has 0 aromatic carbocycles. The first kappa shape index (κ1) is 11.8. The van der Waals surface area contributed by atoms with Gasteiger partial charge in [0.2, 0.25) is 0 Å². The number of hydrogen-bond acceptors (Lipinski definition) is 3. The van der Waals surface area contributed by atoms with Gasteiger partial charge in [0.1, 0.15) is 11.4 Å². The molecule has 1 amide bonds. The van der Waals surface area contributed by atoms with Crippen LogP contribution in [0.15, 0.2) is 18.3 Å². The van der Waals surface area contributed by atoms with Crippen molar-refractivity contribution >= 4 is 34.3 Å². The molecule has 0 bridgehead atoms. The molecule has 0 saturated carbocycles. The molecule has 0 aliphatic carbocycles. The summed E-state index contributed by atoms with van der Waals surface area (Å²) in [4.78, 5) is 16.1. The number of ether oxygens (including phenoxy) is 1. The Morgan fingerprint density at radius 1 is 1.62 bits per heavy atom. The third-order valence-electron chi connectivity index (χ3n) is 2.67. The van der Waals surface area contributed by atoms with E-state index in [0.29, 0.717) is 12.4 Å². The van der Waals surface area contributed by atoms with Gasteiger partial charge in [-0.25, -0.2) is 4.98 Å². The van der Waals surface area contributed by atoms with Crippen LogP contribution in [0.5, 0.6) is 0 Å². The van der Waals surface area contributed by atoms with Crippen LogP contribution in [0.2, 0.25) is 0 Å². The number of aromatic nitrogens is 1. The smallest absolute Gasteiger partial charge is 0.257 e. The number of pyridine rings is 1. The molecule has 1 fully saturated rings. The number of nitrogens with one attached hydrogen (secondary N) is 1. The van der Waals surface area contributed by atoms with Gasteiger partial charge in [0.15, 0.2) is 0 Å². The Hall–Kier alpha value is -0.690. The predicted molar refractivity (Wildman–Crippen MR) is 69.2 cm³/mol. The molecule has 0 radical (unpaired) electrons. The van der Waals surface area contributed by atoms with E-state index >= 15 is 0 Å². The van der Waals surface area contributed by atoms with Gasteiger partial charge in [-0.1, -0.05) is 0 Å². The van der Waals surface area contributed by atoms with E-state index in [1.165, 1.54) is 0 Å². The monoisotopic (exact) mass is 332 g/mol. The number of hydrogen-bond donors (Lipinski definition) is 1. The standard InChI is InChI=1S/C11H13IN2O2/c1-11(5-2-6-16-11)10(15)14-9-4-3-8(12)7-13-9/h3-4,7H,2,5-6H2,1H3,(H,13,14,15). The summed E-state index contributed by atoms with van der Waals surface area (Å²) < 4.78 is 6.50. The van der Waals surface area contributed by atoms with Crippen molar-refractivity contribution in [2.24, 2.45) is 0 Å². The molecule has 1 atom stereocenters. The minimum absolute atomic E-state index is 0.112. The number of rotatable bonds is 2. The average molecular weight is 332 g/mol. The minimum atomic E-state index is -0.690. The van der Waals surface area contributed by atoms with Crippen molar-refractivity contribution in [1.29, 1.82) is 0 Å². The first-order valence-corrected chi connectivity index (χ1v) is 6.25. The highest BCUT2D eigenvalue weighted by molar-refractivity contribution is 14.1. The highest BCUT2D eigenvalue weighted by Gasteiger charge is 2.37. The zero-order valence-electron chi connectivity index (χ0n) is 9.00. The number of halogens is 1. The van der Waals surface area contributed by atoms with Gasteiger partial charge >= 0.3 is 0 Å². The summed E-state index contributed by atoms with van der Waals surface area (Å²) in [5.74, 6) is 0.459. The van der Waals surface area contributed by atoms with Gasteiger partial charge in [-0.15, -0.1) is 0 Å². The van der Waals surface area contributed by atoms with E-state index in [1.54, 1.807) is 12.3 Å². The Kier molecular flexibility index (Phi) is 3.44. The molecule has 1 saturated heterocycles. The largest absolute Gasteiger partial charge is 0.365 e. The van der Waals surface area contributed by atoms with E-state index in [0.717, 1.165) is 16.4 Å². The molecule has 1 N–H and O–H groups in total. The lowest BCUT2D eigenvalue weighted by Crippen LogP contribution is -2.39. The second-order valence-corrected chi connectivity index (χ2v) is 5.24. The van der Waals surface area contributed by atoms with Crippen LogP contribution in [0, 0.1) is 3.57 Å².